The largest absolute Gasteiger partial charge is 0.388 e. The number of nitrogens with zero attached hydrogens (tertiary/aromatic N) is 4. The molecule has 5 heteroatoms. The van der Waals surface area contributed by atoms with Gasteiger partial charge in [-0.1, -0.05) is 6.92 Å². The van der Waals surface area contributed by atoms with Gasteiger partial charge in [-0.2, -0.15) is 10.2 Å². The van der Waals surface area contributed by atoms with Gasteiger partial charge in [-0.05, 0) is 12.5 Å². The van der Waals surface area contributed by atoms with Crippen molar-refractivity contribution in [2.24, 2.45) is 0 Å². The summed E-state index contributed by atoms with van der Waals surface area (Å²) < 4.78 is 2.07. The molecule has 1 N–H and O–H groups in total. The lowest BCUT2D eigenvalue weighted by Crippen LogP contribution is -2.09. The maximum Gasteiger partial charge on any atom is 0.111 e. The van der Waals surface area contributed by atoms with E-state index in [1.54, 1.807) is 24.7 Å². The maximum atomic E-state index is 10.1. The number of aliphatic hydroxyl groups is 1. The van der Waals surface area contributed by atoms with E-state index >= 15 is 0 Å². The topological polar surface area (TPSA) is 63.8 Å². The van der Waals surface area contributed by atoms with Crippen LogP contribution in [0, 0.1) is 0 Å². The zero-order valence-electron chi connectivity index (χ0n) is 9.82. The summed E-state index contributed by atoms with van der Waals surface area (Å²) in [5, 5.41) is 17.5. The highest BCUT2D eigenvalue weighted by Gasteiger charge is 2.12. The molecule has 0 saturated carbocycles. The molecule has 2 aromatic heterocycles. The van der Waals surface area contributed by atoms with Crippen LogP contribution in [0.15, 0.2) is 30.9 Å². The standard InChI is InChI=1S/C12H16N4O/c1-2-6-16-7-5-13-12(16)8-11(17)10-3-4-14-15-9-10/h3-5,7,9,11,17H,2,6,8H2,1H3. The highest BCUT2D eigenvalue weighted by Crippen LogP contribution is 2.16. The molecule has 90 valence electrons. The lowest BCUT2D eigenvalue weighted by Gasteiger charge is -2.11. The maximum absolute atomic E-state index is 10.1. The second-order valence-corrected chi connectivity index (χ2v) is 3.93. The van der Waals surface area contributed by atoms with Crippen molar-refractivity contribution < 1.29 is 5.11 Å². The van der Waals surface area contributed by atoms with E-state index in [9.17, 15) is 5.11 Å². The first-order chi connectivity index (χ1) is 8.31. The molecule has 0 aromatic carbocycles. The van der Waals surface area contributed by atoms with Crippen LogP contribution in [0.5, 0.6) is 0 Å². The van der Waals surface area contributed by atoms with Gasteiger partial charge in [0.25, 0.3) is 0 Å². The Morgan fingerprint density at radius 2 is 2.24 bits per heavy atom. The van der Waals surface area contributed by atoms with Gasteiger partial charge in [-0.15, -0.1) is 0 Å². The highest BCUT2D eigenvalue weighted by atomic mass is 16.3. The SMILES string of the molecule is CCCn1ccnc1CC(O)c1ccnnc1. The van der Waals surface area contributed by atoms with Gasteiger partial charge in [0.2, 0.25) is 0 Å². The molecule has 0 aliphatic rings. The van der Waals surface area contributed by atoms with Crippen LogP contribution in [0.25, 0.3) is 0 Å². The van der Waals surface area contributed by atoms with Crippen LogP contribution in [0.1, 0.15) is 30.8 Å². The molecule has 0 saturated heterocycles. The molecule has 0 amide bonds. The lowest BCUT2D eigenvalue weighted by atomic mass is 10.1. The molecule has 5 nitrogen and oxygen atoms in total. The zero-order chi connectivity index (χ0) is 12.1. The van der Waals surface area contributed by atoms with Gasteiger partial charge in [-0.3, -0.25) is 0 Å². The van der Waals surface area contributed by atoms with Crippen LogP contribution in [0.2, 0.25) is 0 Å². The monoisotopic (exact) mass is 232 g/mol. The van der Waals surface area contributed by atoms with E-state index in [0.717, 1.165) is 24.4 Å². The van der Waals surface area contributed by atoms with Crippen molar-refractivity contribution in [1.82, 2.24) is 19.7 Å². The molecule has 1 atom stereocenters. The van der Waals surface area contributed by atoms with E-state index in [2.05, 4.69) is 26.7 Å². The average Bonchev–Trinajstić information content (AvgIpc) is 2.78. The minimum Gasteiger partial charge on any atom is -0.388 e. The van der Waals surface area contributed by atoms with E-state index in [4.69, 9.17) is 0 Å². The Morgan fingerprint density at radius 1 is 1.35 bits per heavy atom. The first-order valence-electron chi connectivity index (χ1n) is 5.76. The fourth-order valence-electron chi connectivity index (χ4n) is 1.76. The van der Waals surface area contributed by atoms with E-state index in [1.165, 1.54) is 0 Å². The second kappa shape index (κ2) is 5.54. The third kappa shape index (κ3) is 2.88. The third-order valence-electron chi connectivity index (χ3n) is 2.63. The van der Waals surface area contributed by atoms with Crippen LogP contribution in [0.3, 0.4) is 0 Å². The van der Waals surface area contributed by atoms with Gasteiger partial charge >= 0.3 is 0 Å². The van der Waals surface area contributed by atoms with Crippen molar-refractivity contribution in [3.63, 3.8) is 0 Å². The predicted octanol–water partition coefficient (Wildman–Crippen LogP) is 1.36. The number of aryl methyl sites for hydroxylation is 1. The van der Waals surface area contributed by atoms with Crippen LogP contribution >= 0.6 is 0 Å². The Balaban J connectivity index is 2.08. The molecule has 0 fully saturated rings. The van der Waals surface area contributed by atoms with Crippen molar-refractivity contribution in [2.45, 2.75) is 32.4 Å². The molecule has 2 aromatic rings. The summed E-state index contributed by atoms with van der Waals surface area (Å²) in [6, 6.07) is 1.77. The van der Waals surface area contributed by atoms with Gasteiger partial charge in [0.15, 0.2) is 0 Å². The molecule has 0 radical (unpaired) electrons. The van der Waals surface area contributed by atoms with Crippen LogP contribution in [-0.4, -0.2) is 24.9 Å². The van der Waals surface area contributed by atoms with Crippen molar-refractivity contribution in [1.29, 1.82) is 0 Å². The molecule has 2 rings (SSSR count). The number of aliphatic hydroxyl groups excluding tert-OH is 1. The number of aromatic nitrogens is 4. The molecule has 0 spiro atoms. The van der Waals surface area contributed by atoms with E-state index in [1.807, 2.05) is 6.20 Å². The summed E-state index contributed by atoms with van der Waals surface area (Å²) in [6.07, 6.45) is 7.84. The Labute approximate surface area is 100 Å². The smallest absolute Gasteiger partial charge is 0.111 e. The highest BCUT2D eigenvalue weighted by molar-refractivity contribution is 5.11. The minimum absolute atomic E-state index is 0.499. The number of hydrogen-bond acceptors (Lipinski definition) is 4. The molecule has 2 heterocycles. The van der Waals surface area contributed by atoms with Gasteiger partial charge in [0, 0.05) is 37.1 Å². The third-order valence-corrected chi connectivity index (χ3v) is 2.63. The predicted molar refractivity (Wildman–Crippen MR) is 63.2 cm³/mol. The van der Waals surface area contributed by atoms with Gasteiger partial charge < -0.3 is 9.67 Å². The molecular formula is C12H16N4O. The second-order valence-electron chi connectivity index (χ2n) is 3.93. The van der Waals surface area contributed by atoms with Crippen molar-refractivity contribution >= 4 is 0 Å². The molecule has 1 unspecified atom stereocenters. The van der Waals surface area contributed by atoms with Gasteiger partial charge in [0.05, 0.1) is 12.3 Å². The molecule has 0 bridgehead atoms. The van der Waals surface area contributed by atoms with Crippen molar-refractivity contribution in [2.75, 3.05) is 0 Å². The van der Waals surface area contributed by atoms with Crippen molar-refractivity contribution in [3.05, 3.63) is 42.2 Å². The summed E-state index contributed by atoms with van der Waals surface area (Å²) in [4.78, 5) is 4.27. The van der Waals surface area contributed by atoms with Crippen LogP contribution in [-0.2, 0) is 13.0 Å². The average molecular weight is 232 g/mol. The Hall–Kier alpha value is -1.75. The van der Waals surface area contributed by atoms with Crippen molar-refractivity contribution in [3.8, 4) is 0 Å². The molecule has 0 aliphatic carbocycles. The summed E-state index contributed by atoms with van der Waals surface area (Å²) in [6.45, 7) is 3.05. The summed E-state index contributed by atoms with van der Waals surface area (Å²) in [7, 11) is 0. The fraction of sp³-hybridized carbons (Fsp3) is 0.417. The number of imidazole rings is 1. The molecule has 17 heavy (non-hydrogen) atoms. The van der Waals surface area contributed by atoms with E-state index in [-0.39, 0.29) is 0 Å². The minimum atomic E-state index is -0.580. The summed E-state index contributed by atoms with van der Waals surface area (Å²) in [5.74, 6) is 0.899. The molecular weight excluding hydrogens is 216 g/mol. The lowest BCUT2D eigenvalue weighted by molar-refractivity contribution is 0.174. The summed E-state index contributed by atoms with van der Waals surface area (Å²) in [5.41, 5.74) is 0.769. The summed E-state index contributed by atoms with van der Waals surface area (Å²) >= 11 is 0. The van der Waals surface area contributed by atoms with Crippen LogP contribution < -0.4 is 0 Å². The number of rotatable bonds is 5. The van der Waals surface area contributed by atoms with E-state index in [0.29, 0.717) is 6.42 Å². The quantitative estimate of drug-likeness (QED) is 0.845. The Bertz CT molecular complexity index is 455. The first kappa shape index (κ1) is 11.7. The first-order valence-corrected chi connectivity index (χ1v) is 5.76. The Morgan fingerprint density at radius 3 is 2.94 bits per heavy atom. The molecule has 0 aliphatic heterocycles. The van der Waals surface area contributed by atoms with Gasteiger partial charge in [0.1, 0.15) is 5.82 Å². The fourth-order valence-corrected chi connectivity index (χ4v) is 1.76. The number of hydrogen-bond donors (Lipinski definition) is 1. The van der Waals surface area contributed by atoms with Gasteiger partial charge in [-0.25, -0.2) is 4.98 Å². The zero-order valence-corrected chi connectivity index (χ0v) is 9.82. The van der Waals surface area contributed by atoms with Crippen LogP contribution in [0.4, 0.5) is 0 Å². The Kier molecular flexibility index (Phi) is 3.82. The van der Waals surface area contributed by atoms with E-state index < -0.39 is 6.10 Å². The normalized spacial score (nSPS) is 12.6.